The van der Waals surface area contributed by atoms with Gasteiger partial charge in [-0.1, -0.05) is 15.9 Å². The van der Waals surface area contributed by atoms with E-state index in [1.807, 2.05) is 0 Å². The number of alkyl halides is 2. The molecule has 5 nitrogen and oxygen atoms in total. The van der Waals surface area contributed by atoms with Gasteiger partial charge in [0.1, 0.15) is 5.75 Å². The summed E-state index contributed by atoms with van der Waals surface area (Å²) in [5, 5.41) is 6.79. The van der Waals surface area contributed by atoms with Crippen molar-refractivity contribution in [3.05, 3.63) is 40.1 Å². The molecule has 0 spiro atoms. The first kappa shape index (κ1) is 15.0. The van der Waals surface area contributed by atoms with Crippen molar-refractivity contribution in [2.45, 2.75) is 19.5 Å². The molecule has 0 saturated carbocycles. The maximum Gasteiger partial charge on any atom is 0.387 e. The standard InChI is InChI=1S/C14H12BrF2N3O2/c15-8-3-4-12(22-14(16)17)9(6-8)13(21)20-5-1-2-10-11(20)7-18-19-10/h3-4,6-7,14H,1-2,5H2,(H,18,19). The number of aryl methyl sites for hydroxylation is 1. The van der Waals surface area contributed by atoms with Crippen LogP contribution in [-0.4, -0.2) is 29.3 Å². The van der Waals surface area contributed by atoms with Gasteiger partial charge in [0.15, 0.2) is 0 Å². The fourth-order valence-electron chi connectivity index (χ4n) is 2.48. The summed E-state index contributed by atoms with van der Waals surface area (Å²) in [7, 11) is 0. The molecule has 0 radical (unpaired) electrons. The van der Waals surface area contributed by atoms with Crippen LogP contribution in [0.5, 0.6) is 5.75 Å². The van der Waals surface area contributed by atoms with Crippen molar-refractivity contribution < 1.29 is 18.3 Å². The maximum absolute atomic E-state index is 12.8. The molecule has 2 heterocycles. The van der Waals surface area contributed by atoms with Gasteiger partial charge in [0.05, 0.1) is 23.1 Å². The smallest absolute Gasteiger partial charge is 0.387 e. The summed E-state index contributed by atoms with van der Waals surface area (Å²) in [6.07, 6.45) is 3.15. The highest BCUT2D eigenvalue weighted by atomic mass is 79.9. The van der Waals surface area contributed by atoms with Crippen LogP contribution < -0.4 is 9.64 Å². The molecule has 1 aromatic heterocycles. The molecule has 22 heavy (non-hydrogen) atoms. The van der Waals surface area contributed by atoms with Gasteiger partial charge in [-0.2, -0.15) is 13.9 Å². The number of nitrogens with one attached hydrogen (secondary N) is 1. The number of benzene rings is 1. The summed E-state index contributed by atoms with van der Waals surface area (Å²) in [5.74, 6) is -0.530. The largest absolute Gasteiger partial charge is 0.434 e. The van der Waals surface area contributed by atoms with Crippen molar-refractivity contribution in [1.82, 2.24) is 10.2 Å². The Balaban J connectivity index is 1.98. The number of carbonyl (C=O) groups excluding carboxylic acids is 1. The summed E-state index contributed by atoms with van der Waals surface area (Å²) >= 11 is 3.25. The van der Waals surface area contributed by atoms with E-state index in [2.05, 4.69) is 30.9 Å². The molecule has 0 fully saturated rings. The molecular weight excluding hydrogens is 360 g/mol. The minimum absolute atomic E-state index is 0.0868. The zero-order valence-corrected chi connectivity index (χ0v) is 12.9. The minimum atomic E-state index is -2.99. The molecule has 8 heteroatoms. The number of ether oxygens (including phenoxy) is 1. The molecule has 2 aromatic rings. The lowest BCUT2D eigenvalue weighted by molar-refractivity contribution is -0.0501. The fraction of sp³-hybridized carbons (Fsp3) is 0.286. The van der Waals surface area contributed by atoms with Crippen LogP contribution >= 0.6 is 15.9 Å². The lowest BCUT2D eigenvalue weighted by Gasteiger charge is -2.27. The number of anilines is 1. The van der Waals surface area contributed by atoms with E-state index in [1.165, 1.54) is 17.0 Å². The number of rotatable bonds is 3. The number of fused-ring (bicyclic) bond motifs is 1. The van der Waals surface area contributed by atoms with E-state index in [9.17, 15) is 13.6 Å². The van der Waals surface area contributed by atoms with Crippen LogP contribution in [0.1, 0.15) is 22.5 Å². The van der Waals surface area contributed by atoms with Crippen molar-refractivity contribution >= 4 is 27.5 Å². The molecule has 1 aliphatic heterocycles. The van der Waals surface area contributed by atoms with Crippen LogP contribution in [0.4, 0.5) is 14.5 Å². The lowest BCUT2D eigenvalue weighted by atomic mass is 10.1. The van der Waals surface area contributed by atoms with Gasteiger partial charge in [-0.25, -0.2) is 0 Å². The van der Waals surface area contributed by atoms with Gasteiger partial charge >= 0.3 is 6.61 Å². The second kappa shape index (κ2) is 6.04. The molecule has 1 N–H and O–H groups in total. The maximum atomic E-state index is 12.8. The van der Waals surface area contributed by atoms with Crippen molar-refractivity contribution in [2.75, 3.05) is 11.4 Å². The second-order valence-electron chi connectivity index (χ2n) is 4.81. The van der Waals surface area contributed by atoms with Gasteiger partial charge in [-0.05, 0) is 31.0 Å². The average molecular weight is 372 g/mol. The number of amides is 1. The average Bonchev–Trinajstić information content (AvgIpc) is 2.96. The van der Waals surface area contributed by atoms with Crippen molar-refractivity contribution in [3.63, 3.8) is 0 Å². The second-order valence-corrected chi connectivity index (χ2v) is 5.73. The quantitative estimate of drug-likeness (QED) is 0.899. The summed E-state index contributed by atoms with van der Waals surface area (Å²) in [4.78, 5) is 14.3. The monoisotopic (exact) mass is 371 g/mol. The van der Waals surface area contributed by atoms with Crippen LogP contribution in [0.2, 0.25) is 0 Å². The summed E-state index contributed by atoms with van der Waals surface area (Å²) in [5.41, 5.74) is 1.63. The number of carbonyl (C=O) groups is 1. The molecular formula is C14H12BrF2N3O2. The topological polar surface area (TPSA) is 58.2 Å². The van der Waals surface area contributed by atoms with Gasteiger partial charge in [-0.15, -0.1) is 0 Å². The SMILES string of the molecule is O=C(c1cc(Br)ccc1OC(F)F)N1CCCc2[nH]ncc21. The highest BCUT2D eigenvalue weighted by Gasteiger charge is 2.27. The van der Waals surface area contributed by atoms with E-state index in [0.717, 1.165) is 18.5 Å². The van der Waals surface area contributed by atoms with Crippen LogP contribution in [-0.2, 0) is 6.42 Å². The Kier molecular flexibility index (Phi) is 4.10. The first-order valence-corrected chi connectivity index (χ1v) is 7.44. The van der Waals surface area contributed by atoms with Gasteiger partial charge in [0.25, 0.3) is 5.91 Å². The number of aromatic nitrogens is 2. The Hall–Kier alpha value is -1.96. The molecule has 0 atom stereocenters. The zero-order valence-electron chi connectivity index (χ0n) is 11.4. The molecule has 1 aliphatic rings. The number of H-pyrrole nitrogens is 1. The Morgan fingerprint density at radius 2 is 2.27 bits per heavy atom. The van der Waals surface area contributed by atoms with Crippen LogP contribution in [0.25, 0.3) is 0 Å². The number of aromatic amines is 1. The highest BCUT2D eigenvalue weighted by Crippen LogP contribution is 2.31. The Labute approximate surface area is 133 Å². The summed E-state index contributed by atoms with van der Waals surface area (Å²) in [6.45, 7) is -2.48. The third-order valence-electron chi connectivity index (χ3n) is 3.43. The molecule has 0 bridgehead atoms. The Morgan fingerprint density at radius 3 is 3.05 bits per heavy atom. The van der Waals surface area contributed by atoms with Gasteiger partial charge < -0.3 is 9.64 Å². The van der Waals surface area contributed by atoms with E-state index in [-0.39, 0.29) is 17.2 Å². The third kappa shape index (κ3) is 2.83. The van der Waals surface area contributed by atoms with E-state index in [1.54, 1.807) is 12.3 Å². The van der Waals surface area contributed by atoms with Crippen molar-refractivity contribution in [2.24, 2.45) is 0 Å². The molecule has 0 saturated heterocycles. The lowest BCUT2D eigenvalue weighted by Crippen LogP contribution is -2.35. The molecule has 1 aromatic carbocycles. The Bertz CT molecular complexity index is 705. The van der Waals surface area contributed by atoms with Gasteiger partial charge in [0.2, 0.25) is 0 Å². The van der Waals surface area contributed by atoms with E-state index >= 15 is 0 Å². The fourth-order valence-corrected chi connectivity index (χ4v) is 2.84. The van der Waals surface area contributed by atoms with Gasteiger partial charge in [0, 0.05) is 11.0 Å². The predicted molar refractivity (Wildman–Crippen MR) is 79.4 cm³/mol. The third-order valence-corrected chi connectivity index (χ3v) is 3.92. The highest BCUT2D eigenvalue weighted by molar-refractivity contribution is 9.10. The molecule has 3 rings (SSSR count). The summed E-state index contributed by atoms with van der Waals surface area (Å²) < 4.78 is 30.1. The van der Waals surface area contributed by atoms with Crippen LogP contribution in [0.15, 0.2) is 28.9 Å². The van der Waals surface area contributed by atoms with Crippen molar-refractivity contribution in [1.29, 1.82) is 0 Å². The number of hydrogen-bond acceptors (Lipinski definition) is 3. The molecule has 116 valence electrons. The predicted octanol–water partition coefficient (Wildman–Crippen LogP) is 3.37. The zero-order chi connectivity index (χ0) is 15.7. The minimum Gasteiger partial charge on any atom is -0.434 e. The normalized spacial score (nSPS) is 14.1. The Morgan fingerprint density at radius 1 is 1.45 bits per heavy atom. The first-order valence-electron chi connectivity index (χ1n) is 6.64. The first-order chi connectivity index (χ1) is 10.6. The number of halogens is 3. The van der Waals surface area contributed by atoms with E-state index in [0.29, 0.717) is 16.7 Å². The van der Waals surface area contributed by atoms with E-state index in [4.69, 9.17) is 0 Å². The van der Waals surface area contributed by atoms with Gasteiger partial charge in [-0.3, -0.25) is 9.89 Å². The van der Waals surface area contributed by atoms with E-state index < -0.39 is 6.61 Å². The van der Waals surface area contributed by atoms with Crippen LogP contribution in [0.3, 0.4) is 0 Å². The van der Waals surface area contributed by atoms with Crippen LogP contribution in [0, 0.1) is 0 Å². The summed E-state index contributed by atoms with van der Waals surface area (Å²) in [6, 6.07) is 4.38. The number of nitrogens with zero attached hydrogens (tertiary/aromatic N) is 2. The number of hydrogen-bond donors (Lipinski definition) is 1. The molecule has 0 unspecified atom stereocenters. The van der Waals surface area contributed by atoms with Crippen molar-refractivity contribution in [3.8, 4) is 5.75 Å². The molecule has 1 amide bonds. The molecule has 0 aliphatic carbocycles.